The highest BCUT2D eigenvalue weighted by Gasteiger charge is 2.51. The quantitative estimate of drug-likeness (QED) is 0.129. The third-order valence-corrected chi connectivity index (χ3v) is 10.3. The molecule has 53 heavy (non-hydrogen) atoms. The first-order chi connectivity index (χ1) is 25.7. The Bertz CT molecular complexity index is 1930. The van der Waals surface area contributed by atoms with Crippen LogP contribution < -0.4 is 10.6 Å². The average molecular weight is 732 g/mol. The van der Waals surface area contributed by atoms with Crippen LogP contribution in [0.5, 0.6) is 0 Å². The lowest BCUT2D eigenvalue weighted by Crippen LogP contribution is -2.39. The summed E-state index contributed by atoms with van der Waals surface area (Å²) in [6.45, 7) is 5.89. The van der Waals surface area contributed by atoms with Crippen molar-refractivity contribution >= 4 is 28.9 Å². The third kappa shape index (κ3) is 8.15. The second-order valence-electron chi connectivity index (χ2n) is 13.7. The number of benzene rings is 2. The summed E-state index contributed by atoms with van der Waals surface area (Å²) in [5.74, 6) is -1.58. The van der Waals surface area contributed by atoms with Crippen molar-refractivity contribution < 1.29 is 27.8 Å². The van der Waals surface area contributed by atoms with E-state index < -0.39 is 36.4 Å². The van der Waals surface area contributed by atoms with Gasteiger partial charge in [-0.05, 0) is 55.5 Å². The summed E-state index contributed by atoms with van der Waals surface area (Å²) in [5, 5.41) is 22.9. The van der Waals surface area contributed by atoms with Gasteiger partial charge in [0.1, 0.15) is 6.10 Å². The molecule has 4 atom stereocenters. The Kier molecular flexibility index (Phi) is 10.9. The fourth-order valence-electron chi connectivity index (χ4n) is 7.45. The number of ether oxygens (including phenoxy) is 1. The van der Waals surface area contributed by atoms with Crippen LogP contribution in [0.4, 0.5) is 24.9 Å². The van der Waals surface area contributed by atoms with E-state index in [1.165, 1.54) is 30.3 Å². The second kappa shape index (κ2) is 15.9. The van der Waals surface area contributed by atoms with Gasteiger partial charge in [-0.2, -0.15) is 28.2 Å². The first kappa shape index (κ1) is 36.3. The number of piperidine rings is 1. The van der Waals surface area contributed by atoms with Crippen molar-refractivity contribution in [2.24, 2.45) is 0 Å². The number of carbonyl (C=O) groups is 1. The summed E-state index contributed by atoms with van der Waals surface area (Å²) in [7, 11) is 0. The van der Waals surface area contributed by atoms with E-state index in [2.05, 4.69) is 49.9 Å². The number of hydrogen-bond acceptors (Lipinski definition) is 10. The summed E-state index contributed by atoms with van der Waals surface area (Å²) in [4.78, 5) is 28.9. The molecular weight excluding hydrogens is 687 g/mol. The molecule has 0 bridgehead atoms. The number of alkyl halides is 3. The zero-order chi connectivity index (χ0) is 37.0. The van der Waals surface area contributed by atoms with E-state index in [4.69, 9.17) is 14.7 Å². The normalized spacial score (nSPS) is 20.9. The van der Waals surface area contributed by atoms with Crippen molar-refractivity contribution in [1.82, 2.24) is 34.2 Å². The van der Waals surface area contributed by atoms with Crippen LogP contribution in [0.3, 0.4) is 0 Å². The number of nitrogens with zero attached hydrogens (tertiary/aromatic N) is 7. The molecule has 0 spiro atoms. The number of anilines is 2. The van der Waals surface area contributed by atoms with Gasteiger partial charge in [-0.3, -0.25) is 4.68 Å². The summed E-state index contributed by atoms with van der Waals surface area (Å²) in [6, 6.07) is 18.6. The molecule has 2 fully saturated rings. The zero-order valence-corrected chi connectivity index (χ0v) is 29.5. The predicted octanol–water partition coefficient (Wildman–Crippen LogP) is 5.75. The first-order valence-corrected chi connectivity index (χ1v) is 18.2. The van der Waals surface area contributed by atoms with Crippen molar-refractivity contribution in [2.75, 3.05) is 43.4 Å². The van der Waals surface area contributed by atoms with E-state index in [1.54, 1.807) is 17.0 Å². The van der Waals surface area contributed by atoms with Gasteiger partial charge < -0.3 is 29.9 Å². The molecule has 12 nitrogen and oxygen atoms in total. The molecule has 5 aromatic rings. The molecule has 7 rings (SSSR count). The van der Waals surface area contributed by atoms with Crippen LogP contribution in [0, 0.1) is 0 Å². The maximum Gasteiger partial charge on any atom is 0.490 e. The maximum absolute atomic E-state index is 13.4. The molecule has 3 aromatic heterocycles. The molecule has 0 radical (unpaired) electrons. The molecule has 1 saturated carbocycles. The summed E-state index contributed by atoms with van der Waals surface area (Å²) < 4.78 is 48.4. The minimum Gasteiger partial charge on any atom is -0.451 e. The molecule has 280 valence electrons. The lowest BCUT2D eigenvalue weighted by atomic mass is 9.91. The Hall–Kier alpha value is -5.02. The SMILES string of the molecule is CCc1cnn([C@H]2C[C@@H](n3cnc4c(NCC(c5ccccc5)c5ccccc5)nc(NCCN5CCCCC5)nc43)[C@H](O)[C@@H]2OC(=O)C(F)(F)F)c1. The predicted molar refractivity (Wildman–Crippen MR) is 194 cm³/mol. The number of nitrogens with one attached hydrogen (secondary N) is 2. The van der Waals surface area contributed by atoms with E-state index in [0.717, 1.165) is 36.3 Å². The van der Waals surface area contributed by atoms with E-state index in [9.17, 15) is 23.1 Å². The number of likely N-dealkylation sites (tertiary alicyclic amines) is 1. The Morgan fingerprint density at radius 1 is 0.981 bits per heavy atom. The third-order valence-electron chi connectivity index (χ3n) is 10.3. The van der Waals surface area contributed by atoms with Crippen molar-refractivity contribution in [1.29, 1.82) is 0 Å². The van der Waals surface area contributed by atoms with Crippen LogP contribution >= 0.6 is 0 Å². The number of aliphatic hydroxyl groups excluding tert-OH is 1. The number of rotatable bonds is 13. The number of aromatic nitrogens is 6. The van der Waals surface area contributed by atoms with E-state index in [1.807, 2.05) is 43.3 Å². The number of fused-ring (bicyclic) bond motifs is 1. The number of imidazole rings is 1. The van der Waals surface area contributed by atoms with E-state index in [0.29, 0.717) is 42.4 Å². The lowest BCUT2D eigenvalue weighted by molar-refractivity contribution is -0.210. The average Bonchev–Trinajstić information content (AvgIpc) is 3.90. The number of halogens is 3. The largest absolute Gasteiger partial charge is 0.490 e. The van der Waals surface area contributed by atoms with Gasteiger partial charge >= 0.3 is 12.1 Å². The van der Waals surface area contributed by atoms with Gasteiger partial charge in [0.15, 0.2) is 23.1 Å². The minimum atomic E-state index is -5.23. The molecule has 4 heterocycles. The highest BCUT2D eigenvalue weighted by molar-refractivity contribution is 5.84. The lowest BCUT2D eigenvalue weighted by Gasteiger charge is -2.26. The van der Waals surface area contributed by atoms with Gasteiger partial charge in [0.2, 0.25) is 5.95 Å². The number of hydrogen-bond donors (Lipinski definition) is 3. The van der Waals surface area contributed by atoms with Crippen LogP contribution in [0.25, 0.3) is 11.2 Å². The monoisotopic (exact) mass is 731 g/mol. The van der Waals surface area contributed by atoms with E-state index >= 15 is 0 Å². The number of aliphatic hydroxyl groups is 1. The highest BCUT2D eigenvalue weighted by atomic mass is 19.4. The summed E-state index contributed by atoms with van der Waals surface area (Å²) in [6.07, 6.45) is 0.843. The van der Waals surface area contributed by atoms with Gasteiger partial charge in [-0.1, -0.05) is 74.0 Å². The molecule has 15 heteroatoms. The molecule has 0 amide bonds. The first-order valence-electron chi connectivity index (χ1n) is 18.2. The second-order valence-corrected chi connectivity index (χ2v) is 13.7. The van der Waals surface area contributed by atoms with Gasteiger partial charge in [-0.15, -0.1) is 0 Å². The Balaban J connectivity index is 1.23. The standard InChI is InChI=1S/C38H44F3N9O3/c1-2-25-21-45-50(23-25)30-20-29(32(51)33(30)53-36(52)38(39,40)41)49-24-44-31-34(46-37(47-35(31)49)42-16-19-48-17-10-5-11-18-48)43-22-28(26-12-6-3-7-13-26)27-14-8-4-9-15-27/h3-4,6-9,12-15,21,23-24,28-30,32-33,51H,2,5,10-11,16-20,22H2,1H3,(H2,42,43,46,47)/t29-,30+,32+,33-/m1/s1. The number of esters is 1. The molecule has 2 aliphatic rings. The van der Waals surface area contributed by atoms with Crippen molar-refractivity contribution in [3.8, 4) is 0 Å². The topological polar surface area (TPSA) is 135 Å². The molecule has 0 unspecified atom stereocenters. The summed E-state index contributed by atoms with van der Waals surface area (Å²) in [5.41, 5.74) is 3.89. The van der Waals surface area contributed by atoms with Gasteiger partial charge in [0.05, 0.1) is 24.6 Å². The molecule has 1 aliphatic heterocycles. The van der Waals surface area contributed by atoms with Crippen molar-refractivity contribution in [3.05, 3.63) is 96.1 Å². The molecule has 2 aromatic carbocycles. The van der Waals surface area contributed by atoms with Crippen LogP contribution in [-0.4, -0.2) is 96.4 Å². The zero-order valence-electron chi connectivity index (χ0n) is 29.5. The fourth-order valence-corrected chi connectivity index (χ4v) is 7.45. The summed E-state index contributed by atoms with van der Waals surface area (Å²) >= 11 is 0. The molecule has 1 saturated heterocycles. The molecular formula is C38H44F3N9O3. The number of aryl methyl sites for hydroxylation is 1. The van der Waals surface area contributed by atoms with Crippen LogP contribution in [0.2, 0.25) is 0 Å². The maximum atomic E-state index is 13.4. The smallest absolute Gasteiger partial charge is 0.451 e. The van der Waals surface area contributed by atoms with Gasteiger partial charge in [-0.25, -0.2) is 9.78 Å². The van der Waals surface area contributed by atoms with Crippen molar-refractivity contribution in [2.45, 2.75) is 75.4 Å². The van der Waals surface area contributed by atoms with Gasteiger partial charge in [0.25, 0.3) is 0 Å². The van der Waals surface area contributed by atoms with Crippen molar-refractivity contribution in [3.63, 3.8) is 0 Å². The fraction of sp³-hybridized carbons (Fsp3) is 0.447. The van der Waals surface area contributed by atoms with E-state index in [-0.39, 0.29) is 12.3 Å². The van der Waals surface area contributed by atoms with Gasteiger partial charge in [0, 0.05) is 31.7 Å². The molecule has 3 N–H and O–H groups in total. The van der Waals surface area contributed by atoms with Crippen LogP contribution in [0.15, 0.2) is 79.4 Å². The minimum absolute atomic E-state index is 0.0245. The molecule has 1 aliphatic carbocycles. The van der Waals surface area contributed by atoms with Crippen LogP contribution in [-0.2, 0) is 16.0 Å². The highest BCUT2D eigenvalue weighted by Crippen LogP contribution is 2.42. The van der Waals surface area contributed by atoms with Crippen LogP contribution in [0.1, 0.15) is 67.3 Å². The Labute approximate surface area is 305 Å². The number of carbonyl (C=O) groups excluding carboxylic acids is 1. The Morgan fingerprint density at radius 3 is 2.32 bits per heavy atom. The Morgan fingerprint density at radius 2 is 1.68 bits per heavy atom.